The summed E-state index contributed by atoms with van der Waals surface area (Å²) in [6.07, 6.45) is 5.15. The van der Waals surface area contributed by atoms with Gasteiger partial charge >= 0.3 is 0 Å². The van der Waals surface area contributed by atoms with Crippen LogP contribution in [0.2, 0.25) is 0 Å². The molecule has 0 aromatic heterocycles. The number of rotatable bonds is 7. The van der Waals surface area contributed by atoms with Gasteiger partial charge in [-0.1, -0.05) is 42.5 Å². The predicted octanol–water partition coefficient (Wildman–Crippen LogP) is 5.82. The smallest absolute Gasteiger partial charge is 0.242 e. The summed E-state index contributed by atoms with van der Waals surface area (Å²) < 4.78 is 0. The van der Waals surface area contributed by atoms with Gasteiger partial charge in [-0.25, -0.2) is 0 Å². The number of anilines is 2. The molecule has 0 radical (unpaired) electrons. The van der Waals surface area contributed by atoms with Gasteiger partial charge in [-0.05, 0) is 73.9 Å². The first-order chi connectivity index (χ1) is 17.9. The van der Waals surface area contributed by atoms with Crippen LogP contribution in [0.25, 0.3) is 0 Å². The molecule has 186 valence electrons. The number of carbonyl (C=O) groups is 4. The van der Waals surface area contributed by atoms with Crippen molar-refractivity contribution in [3.63, 3.8) is 0 Å². The Morgan fingerprint density at radius 2 is 1.43 bits per heavy atom. The maximum absolute atomic E-state index is 13.3. The van der Waals surface area contributed by atoms with Crippen LogP contribution >= 0.6 is 11.8 Å². The van der Waals surface area contributed by atoms with Gasteiger partial charge < -0.3 is 5.32 Å². The summed E-state index contributed by atoms with van der Waals surface area (Å²) in [7, 11) is 0. The maximum atomic E-state index is 13.3. The van der Waals surface area contributed by atoms with Crippen molar-refractivity contribution in [3.8, 4) is 0 Å². The summed E-state index contributed by atoms with van der Waals surface area (Å²) in [6, 6.07) is 23.5. The molecule has 0 spiro atoms. The van der Waals surface area contributed by atoms with Crippen molar-refractivity contribution in [2.45, 2.75) is 29.9 Å². The molecule has 1 fully saturated rings. The van der Waals surface area contributed by atoms with E-state index in [9.17, 15) is 19.2 Å². The number of nitrogens with one attached hydrogen (secondary N) is 1. The normalized spacial score (nSPS) is 19.4. The molecule has 1 saturated heterocycles. The van der Waals surface area contributed by atoms with E-state index in [0.29, 0.717) is 29.8 Å². The van der Waals surface area contributed by atoms with Crippen LogP contribution in [0.3, 0.4) is 0 Å². The molecule has 37 heavy (non-hydrogen) atoms. The minimum absolute atomic E-state index is 0.0354. The van der Waals surface area contributed by atoms with Crippen LogP contribution in [-0.2, 0) is 14.4 Å². The summed E-state index contributed by atoms with van der Waals surface area (Å²) in [5.41, 5.74) is 2.59. The first kappa shape index (κ1) is 24.7. The molecule has 5 rings (SSSR count). The van der Waals surface area contributed by atoms with Crippen LogP contribution in [0.4, 0.5) is 11.4 Å². The number of carbonyl (C=O) groups excluding carboxylic acids is 4. The Hall–Kier alpha value is -3.97. The van der Waals surface area contributed by atoms with E-state index in [-0.39, 0.29) is 35.3 Å². The monoisotopic (exact) mass is 510 g/mol. The molecule has 7 heteroatoms. The molecule has 1 N–H and O–H groups in total. The third-order valence-electron chi connectivity index (χ3n) is 6.76. The standard InChI is InChI=1S/C30H26N2O4S/c1-19(33)20-11-13-22(14-12-20)31-28(34)27(21-7-3-2-4-8-21)37-24-17-15-23(16-18-24)32-29(35)25-9-5-6-10-26(25)30(32)36/h2-8,11-18,25-27H,9-10H2,1H3,(H,31,34)/t25-,26-,27-/m0/s1. The average Bonchev–Trinajstić information content (AvgIpc) is 3.18. The highest BCUT2D eigenvalue weighted by atomic mass is 32.2. The molecule has 0 bridgehead atoms. The molecule has 3 aromatic rings. The molecule has 0 unspecified atom stereocenters. The number of fused-ring (bicyclic) bond motifs is 1. The van der Waals surface area contributed by atoms with E-state index in [1.54, 1.807) is 36.4 Å². The van der Waals surface area contributed by atoms with Crippen molar-refractivity contribution in [2.24, 2.45) is 11.8 Å². The summed E-state index contributed by atoms with van der Waals surface area (Å²) in [6.45, 7) is 1.50. The van der Waals surface area contributed by atoms with E-state index in [4.69, 9.17) is 0 Å². The molecule has 1 heterocycles. The van der Waals surface area contributed by atoms with E-state index in [1.165, 1.54) is 23.6 Å². The highest BCUT2D eigenvalue weighted by Crippen LogP contribution is 2.40. The van der Waals surface area contributed by atoms with Gasteiger partial charge in [0.25, 0.3) is 0 Å². The quantitative estimate of drug-likeness (QED) is 0.188. The minimum Gasteiger partial charge on any atom is -0.325 e. The van der Waals surface area contributed by atoms with Gasteiger partial charge in [0.15, 0.2) is 5.78 Å². The zero-order valence-electron chi connectivity index (χ0n) is 20.3. The van der Waals surface area contributed by atoms with Crippen LogP contribution in [0.5, 0.6) is 0 Å². The van der Waals surface area contributed by atoms with Gasteiger partial charge in [0.05, 0.1) is 17.5 Å². The number of Topliss-reactive ketones (excluding diaryl/α,β-unsaturated/α-hetero) is 1. The second-order valence-electron chi connectivity index (χ2n) is 9.19. The largest absolute Gasteiger partial charge is 0.325 e. The van der Waals surface area contributed by atoms with Crippen LogP contribution < -0.4 is 10.2 Å². The highest BCUT2D eigenvalue weighted by molar-refractivity contribution is 8.00. The van der Waals surface area contributed by atoms with E-state index in [1.807, 2.05) is 54.6 Å². The molecule has 3 atom stereocenters. The molecule has 1 aliphatic heterocycles. The fraction of sp³-hybridized carbons (Fsp3) is 0.200. The van der Waals surface area contributed by atoms with Crippen molar-refractivity contribution in [3.05, 3.63) is 102 Å². The lowest BCUT2D eigenvalue weighted by Crippen LogP contribution is -2.30. The molecule has 1 aliphatic carbocycles. The maximum Gasteiger partial charge on any atom is 0.242 e. The van der Waals surface area contributed by atoms with Crippen molar-refractivity contribution in [2.75, 3.05) is 10.2 Å². The lowest BCUT2D eigenvalue weighted by atomic mass is 9.85. The number of amides is 3. The summed E-state index contributed by atoms with van der Waals surface area (Å²) in [4.78, 5) is 52.9. The third-order valence-corrected chi connectivity index (χ3v) is 8.02. The Kier molecular flexibility index (Phi) is 7.06. The summed E-state index contributed by atoms with van der Waals surface area (Å²) in [5.74, 6) is -1.07. The number of allylic oxidation sites excluding steroid dienone is 2. The number of ketones is 1. The first-order valence-electron chi connectivity index (χ1n) is 12.2. The first-order valence-corrected chi connectivity index (χ1v) is 13.1. The Balaban J connectivity index is 1.34. The van der Waals surface area contributed by atoms with Gasteiger partial charge in [0, 0.05) is 16.1 Å². The summed E-state index contributed by atoms with van der Waals surface area (Å²) in [5, 5.41) is 2.41. The molecule has 6 nitrogen and oxygen atoms in total. The van der Waals surface area contributed by atoms with Crippen molar-refractivity contribution in [1.29, 1.82) is 0 Å². The molecule has 3 amide bonds. The number of hydrogen-bond donors (Lipinski definition) is 1. The number of thioether (sulfide) groups is 1. The number of hydrogen-bond acceptors (Lipinski definition) is 5. The molecule has 3 aromatic carbocycles. The van der Waals surface area contributed by atoms with E-state index < -0.39 is 5.25 Å². The predicted molar refractivity (Wildman–Crippen MR) is 144 cm³/mol. The highest BCUT2D eigenvalue weighted by Gasteiger charge is 2.47. The number of nitrogens with zero attached hydrogens (tertiary/aromatic N) is 1. The van der Waals surface area contributed by atoms with Crippen molar-refractivity contribution in [1.82, 2.24) is 0 Å². The molecule has 2 aliphatic rings. The van der Waals surface area contributed by atoms with Crippen LogP contribution in [-0.4, -0.2) is 23.5 Å². The Bertz CT molecular complexity index is 1340. The fourth-order valence-electron chi connectivity index (χ4n) is 4.76. The van der Waals surface area contributed by atoms with Crippen LogP contribution in [0.1, 0.15) is 40.9 Å². The van der Waals surface area contributed by atoms with E-state index in [0.717, 1.165) is 10.5 Å². The Labute approximate surface area is 219 Å². The van der Waals surface area contributed by atoms with Gasteiger partial charge in [-0.15, -0.1) is 11.8 Å². The van der Waals surface area contributed by atoms with Crippen molar-refractivity contribution < 1.29 is 19.2 Å². The molecule has 0 saturated carbocycles. The average molecular weight is 511 g/mol. The van der Waals surface area contributed by atoms with Gasteiger partial charge in [0.2, 0.25) is 17.7 Å². The lowest BCUT2D eigenvalue weighted by molar-refractivity contribution is -0.122. The topological polar surface area (TPSA) is 83.6 Å². The van der Waals surface area contributed by atoms with E-state index in [2.05, 4.69) is 5.32 Å². The van der Waals surface area contributed by atoms with Crippen molar-refractivity contribution >= 4 is 46.6 Å². The zero-order valence-corrected chi connectivity index (χ0v) is 21.1. The minimum atomic E-state index is -0.538. The molecular formula is C30H26N2O4S. The lowest BCUT2D eigenvalue weighted by Gasteiger charge is -2.19. The Morgan fingerprint density at radius 3 is 2.00 bits per heavy atom. The van der Waals surface area contributed by atoms with Gasteiger partial charge in [-0.3, -0.25) is 24.1 Å². The van der Waals surface area contributed by atoms with Gasteiger partial charge in [0.1, 0.15) is 5.25 Å². The fourth-order valence-corrected chi connectivity index (χ4v) is 5.79. The molecular weight excluding hydrogens is 484 g/mol. The zero-order chi connectivity index (χ0) is 25.9. The van der Waals surface area contributed by atoms with E-state index >= 15 is 0 Å². The third kappa shape index (κ3) is 5.13. The van der Waals surface area contributed by atoms with Crippen LogP contribution in [0, 0.1) is 11.8 Å². The SMILES string of the molecule is CC(=O)c1ccc(NC(=O)[C@@H](Sc2ccc(N3C(=O)[C@H]4CC=CC[C@@H]4C3=O)cc2)c2ccccc2)cc1. The Morgan fingerprint density at radius 1 is 0.838 bits per heavy atom. The second kappa shape index (κ2) is 10.6. The summed E-state index contributed by atoms with van der Waals surface area (Å²) >= 11 is 1.39. The number of imide groups is 1. The number of benzene rings is 3. The second-order valence-corrected chi connectivity index (χ2v) is 10.4. The van der Waals surface area contributed by atoms with Crippen LogP contribution in [0.15, 0.2) is 95.9 Å². The van der Waals surface area contributed by atoms with Gasteiger partial charge in [-0.2, -0.15) is 0 Å².